The Morgan fingerprint density at radius 2 is 2.35 bits per heavy atom. The zero-order chi connectivity index (χ0) is 11.8. The summed E-state index contributed by atoms with van der Waals surface area (Å²) in [5.74, 6) is -0.701. The lowest BCUT2D eigenvalue weighted by atomic mass is 10.4. The van der Waals surface area contributed by atoms with Crippen LogP contribution >= 0.6 is 0 Å². The van der Waals surface area contributed by atoms with Crippen LogP contribution in [0.4, 0.5) is 5.82 Å². The predicted octanol–water partition coefficient (Wildman–Crippen LogP) is 0.760. The van der Waals surface area contributed by atoms with E-state index in [1.54, 1.807) is 35.0 Å². The summed E-state index contributed by atoms with van der Waals surface area (Å²) in [4.78, 5) is 20.0. The minimum atomic E-state index is -1.09. The number of imidazole rings is 1. The number of aromatic nitrogens is 2. The molecule has 17 heavy (non-hydrogen) atoms. The molecule has 0 aliphatic carbocycles. The van der Waals surface area contributed by atoms with Gasteiger partial charge in [-0.05, 0) is 12.1 Å². The summed E-state index contributed by atoms with van der Waals surface area (Å²) >= 11 is 0. The highest BCUT2D eigenvalue weighted by Crippen LogP contribution is 2.23. The smallest absolute Gasteiger partial charge is 0.358 e. The molecule has 0 saturated heterocycles. The average molecular weight is 232 g/mol. The number of carboxylic acid groups (broad SMARTS) is 1. The number of carboxylic acids is 1. The second-order valence-corrected chi connectivity index (χ2v) is 3.38. The van der Waals surface area contributed by atoms with Crippen molar-refractivity contribution in [3.8, 4) is 0 Å². The van der Waals surface area contributed by atoms with Crippen LogP contribution in [0.25, 0.3) is 5.65 Å². The summed E-state index contributed by atoms with van der Waals surface area (Å²) in [5.41, 5.74) is 3.06. The fourth-order valence-corrected chi connectivity index (χ4v) is 1.68. The molecule has 0 radical (unpaired) electrons. The third kappa shape index (κ3) is 1.41. The quantitative estimate of drug-likeness (QED) is 0.795. The van der Waals surface area contributed by atoms with Crippen LogP contribution in [0.1, 0.15) is 10.5 Å². The van der Waals surface area contributed by atoms with Crippen LogP contribution in [0.3, 0.4) is 0 Å². The first kappa shape index (κ1) is 9.67. The molecule has 0 fully saturated rings. The van der Waals surface area contributed by atoms with Crippen molar-refractivity contribution in [2.24, 2.45) is 0 Å². The van der Waals surface area contributed by atoms with Crippen molar-refractivity contribution in [2.45, 2.75) is 0 Å². The van der Waals surface area contributed by atoms with Crippen molar-refractivity contribution in [1.29, 1.82) is 0 Å². The van der Waals surface area contributed by atoms with Crippen molar-refractivity contribution in [3.63, 3.8) is 0 Å². The fraction of sp³-hybridized carbons (Fsp3) is 0. The Labute approximate surface area is 95.5 Å². The summed E-state index contributed by atoms with van der Waals surface area (Å²) < 4.78 is 1.66. The van der Waals surface area contributed by atoms with Gasteiger partial charge in [0.25, 0.3) is 0 Å². The van der Waals surface area contributed by atoms with Gasteiger partial charge in [0, 0.05) is 6.20 Å². The lowest BCUT2D eigenvalue weighted by Crippen LogP contribution is -2.29. The monoisotopic (exact) mass is 232 g/mol. The van der Waals surface area contributed by atoms with Gasteiger partial charge in [-0.1, -0.05) is 11.7 Å². The van der Waals surface area contributed by atoms with Gasteiger partial charge >= 0.3 is 5.97 Å². The number of hydrazine groups is 1. The highest BCUT2D eigenvalue weighted by molar-refractivity contribution is 5.93. The molecule has 3 heterocycles. The van der Waals surface area contributed by atoms with E-state index in [-0.39, 0.29) is 5.69 Å². The zero-order valence-electron chi connectivity index (χ0n) is 8.57. The Kier molecular flexibility index (Phi) is 1.99. The van der Waals surface area contributed by atoms with Crippen LogP contribution in [0.2, 0.25) is 0 Å². The second kappa shape index (κ2) is 3.49. The molecule has 7 nitrogen and oxygen atoms in total. The van der Waals surface area contributed by atoms with Gasteiger partial charge in [-0.3, -0.25) is 4.40 Å². The summed E-state index contributed by atoms with van der Waals surface area (Å²) in [6, 6.07) is 5.32. The van der Waals surface area contributed by atoms with Crippen LogP contribution in [0, 0.1) is 0 Å². The van der Waals surface area contributed by atoms with E-state index in [1.165, 1.54) is 11.3 Å². The van der Waals surface area contributed by atoms with E-state index in [0.717, 1.165) is 0 Å². The molecular weight excluding hydrogens is 224 g/mol. The largest absolute Gasteiger partial charge is 0.476 e. The van der Waals surface area contributed by atoms with Gasteiger partial charge in [0.05, 0.1) is 6.20 Å². The van der Waals surface area contributed by atoms with Gasteiger partial charge in [-0.25, -0.2) is 14.8 Å². The number of rotatable bonds is 2. The molecule has 1 aliphatic rings. The molecule has 7 heteroatoms. The molecule has 3 rings (SSSR count). The topological polar surface area (TPSA) is 79.1 Å². The summed E-state index contributed by atoms with van der Waals surface area (Å²) in [5, 5.41) is 10.6. The minimum absolute atomic E-state index is 0.0427. The average Bonchev–Trinajstić information content (AvgIpc) is 2.94. The Balaban J connectivity index is 2.27. The lowest BCUT2D eigenvalue weighted by molar-refractivity contribution is 0.0691. The fourth-order valence-electron chi connectivity index (χ4n) is 1.68. The van der Waals surface area contributed by atoms with Gasteiger partial charge in [0.2, 0.25) is 0 Å². The zero-order valence-corrected chi connectivity index (χ0v) is 8.57. The standard InChI is InChI=1S/C10H8N4O3/c15-10(16)8-9(14-5-6-17-12-14)13-4-2-1-3-7(13)11-8/h1-6,12H,(H,15,16). The number of fused-ring (bicyclic) bond motifs is 1. The molecule has 0 bridgehead atoms. The minimum Gasteiger partial charge on any atom is -0.476 e. The number of nitrogens with one attached hydrogen (secondary N) is 1. The number of anilines is 1. The van der Waals surface area contributed by atoms with Crippen molar-refractivity contribution < 1.29 is 14.7 Å². The number of aromatic carboxylic acids is 1. The van der Waals surface area contributed by atoms with Gasteiger partial charge in [-0.2, -0.15) is 0 Å². The second-order valence-electron chi connectivity index (χ2n) is 3.38. The predicted molar refractivity (Wildman–Crippen MR) is 58.0 cm³/mol. The first-order valence-corrected chi connectivity index (χ1v) is 4.85. The van der Waals surface area contributed by atoms with E-state index in [2.05, 4.69) is 10.6 Å². The Morgan fingerprint density at radius 3 is 3.06 bits per heavy atom. The highest BCUT2D eigenvalue weighted by atomic mass is 16.7. The number of hydrogen-bond acceptors (Lipinski definition) is 5. The molecule has 1 aliphatic heterocycles. The number of pyridine rings is 1. The molecule has 2 N–H and O–H groups in total. The summed E-state index contributed by atoms with van der Waals surface area (Å²) in [7, 11) is 0. The van der Waals surface area contributed by atoms with Crippen LogP contribution in [0.5, 0.6) is 0 Å². The van der Waals surface area contributed by atoms with E-state index in [0.29, 0.717) is 11.5 Å². The Morgan fingerprint density at radius 1 is 1.47 bits per heavy atom. The molecule has 0 spiro atoms. The van der Waals surface area contributed by atoms with E-state index in [4.69, 9.17) is 9.94 Å². The third-order valence-electron chi connectivity index (χ3n) is 2.36. The maximum atomic E-state index is 11.2. The molecule has 86 valence electrons. The Hall–Kier alpha value is -2.54. The maximum Gasteiger partial charge on any atom is 0.358 e. The maximum absolute atomic E-state index is 11.2. The highest BCUT2D eigenvalue weighted by Gasteiger charge is 2.23. The van der Waals surface area contributed by atoms with E-state index >= 15 is 0 Å². The molecule has 2 aromatic heterocycles. The number of carbonyl (C=O) groups is 1. The number of hydrogen-bond donors (Lipinski definition) is 2. The van der Waals surface area contributed by atoms with Crippen LogP contribution in [0.15, 0.2) is 36.9 Å². The van der Waals surface area contributed by atoms with Gasteiger partial charge < -0.3 is 9.94 Å². The van der Waals surface area contributed by atoms with E-state index in [9.17, 15) is 4.79 Å². The lowest BCUT2D eigenvalue weighted by Gasteiger charge is -2.13. The van der Waals surface area contributed by atoms with Crippen LogP contribution < -0.4 is 10.6 Å². The SMILES string of the molecule is O=C(O)c1nc2ccccn2c1N1C=CON1. The molecule has 0 atom stereocenters. The molecule has 0 amide bonds. The van der Waals surface area contributed by atoms with Crippen molar-refractivity contribution in [3.05, 3.63) is 42.6 Å². The van der Waals surface area contributed by atoms with E-state index in [1.807, 2.05) is 0 Å². The van der Waals surface area contributed by atoms with Crippen molar-refractivity contribution in [2.75, 3.05) is 5.01 Å². The van der Waals surface area contributed by atoms with Crippen molar-refractivity contribution >= 4 is 17.4 Å². The van der Waals surface area contributed by atoms with Crippen LogP contribution in [-0.4, -0.2) is 20.5 Å². The number of nitrogens with zero attached hydrogens (tertiary/aromatic N) is 3. The molecule has 0 aromatic carbocycles. The Bertz CT molecular complexity index is 619. The third-order valence-corrected chi connectivity index (χ3v) is 2.36. The summed E-state index contributed by atoms with van der Waals surface area (Å²) in [6.07, 6.45) is 4.72. The summed E-state index contributed by atoms with van der Waals surface area (Å²) in [6.45, 7) is 0. The molecule has 2 aromatic rings. The first-order chi connectivity index (χ1) is 8.27. The van der Waals surface area contributed by atoms with Gasteiger partial charge in [0.15, 0.2) is 11.5 Å². The van der Waals surface area contributed by atoms with Gasteiger partial charge in [0.1, 0.15) is 11.9 Å². The van der Waals surface area contributed by atoms with Crippen LogP contribution in [-0.2, 0) is 4.84 Å². The normalized spacial score (nSPS) is 14.2. The molecular formula is C10H8N4O3. The molecule has 0 unspecified atom stereocenters. The molecule has 0 saturated carbocycles. The van der Waals surface area contributed by atoms with E-state index < -0.39 is 5.97 Å². The van der Waals surface area contributed by atoms with Gasteiger partial charge in [-0.15, -0.1) is 0 Å². The first-order valence-electron chi connectivity index (χ1n) is 4.85. The van der Waals surface area contributed by atoms with Crippen molar-refractivity contribution in [1.82, 2.24) is 15.0 Å².